The number of carbonyl (C=O) groups is 1. The zero-order valence-electron chi connectivity index (χ0n) is 20.6. The molecule has 2 fully saturated rings. The Bertz CT molecular complexity index is 1030. The molecule has 7 nitrogen and oxygen atoms in total. The summed E-state index contributed by atoms with van der Waals surface area (Å²) in [6.07, 6.45) is 12.7. The zero-order chi connectivity index (χ0) is 22.9. The van der Waals surface area contributed by atoms with Crippen LogP contribution in [-0.2, 0) is 32.7 Å². The van der Waals surface area contributed by atoms with Crippen molar-refractivity contribution in [1.29, 1.82) is 0 Å². The van der Waals surface area contributed by atoms with Gasteiger partial charge < -0.3 is 28.4 Å². The number of carbonyl (C=O) groups excluding carboxylic acids is 1. The van der Waals surface area contributed by atoms with Crippen molar-refractivity contribution >= 4 is 41.0 Å². The maximum absolute atomic E-state index is 13.7. The van der Waals surface area contributed by atoms with Gasteiger partial charge in [-0.15, -0.1) is 6.54 Å². The maximum atomic E-state index is 13.7. The third kappa shape index (κ3) is 5.93. The zero-order valence-corrected chi connectivity index (χ0v) is 25.0. The number of aliphatic imine (C=N–C) groups is 1. The van der Waals surface area contributed by atoms with Gasteiger partial charge in [0.25, 0.3) is 5.91 Å². The van der Waals surface area contributed by atoms with Gasteiger partial charge in [-0.3, -0.25) is 9.80 Å². The second-order valence-electron chi connectivity index (χ2n) is 8.88. The topological polar surface area (TPSA) is 63.2 Å². The number of rotatable bonds is 4. The molecule has 0 spiro atoms. The molecule has 0 bridgehead atoms. The first-order valence-corrected chi connectivity index (χ1v) is 13.2. The van der Waals surface area contributed by atoms with E-state index in [2.05, 4.69) is 40.7 Å². The second kappa shape index (κ2) is 12.5. The van der Waals surface area contributed by atoms with E-state index >= 15 is 0 Å². The monoisotopic (exact) mass is 589 g/mol. The van der Waals surface area contributed by atoms with E-state index in [1.807, 2.05) is 28.3 Å². The number of likely N-dealkylation sites (tertiary alicyclic amines) is 2. The van der Waals surface area contributed by atoms with Crippen molar-refractivity contribution in [3.8, 4) is 0 Å². The van der Waals surface area contributed by atoms with Gasteiger partial charge in [-0.2, -0.15) is 6.42 Å². The van der Waals surface area contributed by atoms with Crippen LogP contribution < -0.4 is 10.1 Å². The van der Waals surface area contributed by atoms with Crippen molar-refractivity contribution < 1.29 is 37.5 Å². The molecule has 35 heavy (non-hydrogen) atoms. The molecule has 2 N–H and O–H groups in total. The molecule has 4 aliphatic rings. The van der Waals surface area contributed by atoms with Gasteiger partial charge in [0.05, 0.1) is 23.3 Å². The van der Waals surface area contributed by atoms with Crippen LogP contribution in [0, 0.1) is 13.8 Å². The van der Waals surface area contributed by atoms with Crippen molar-refractivity contribution in [1.82, 2.24) is 20.2 Å². The number of piperidine rings is 1. The van der Waals surface area contributed by atoms with Gasteiger partial charge >= 0.3 is 0 Å². The van der Waals surface area contributed by atoms with Gasteiger partial charge in [0.2, 0.25) is 0 Å². The van der Waals surface area contributed by atoms with Crippen LogP contribution in [-0.4, -0.2) is 64.5 Å². The van der Waals surface area contributed by atoms with E-state index in [0.717, 1.165) is 68.2 Å². The molecule has 2 atom stereocenters. The van der Waals surface area contributed by atoms with Crippen molar-refractivity contribution in [2.45, 2.75) is 44.7 Å². The molecule has 4 aliphatic heterocycles. The van der Waals surface area contributed by atoms with Crippen LogP contribution in [0.3, 0.4) is 0 Å². The molecule has 0 saturated carbocycles. The van der Waals surface area contributed by atoms with Crippen LogP contribution in [0.25, 0.3) is 0 Å². The summed E-state index contributed by atoms with van der Waals surface area (Å²) in [4.78, 5) is 23.0. The molecule has 187 valence electrons. The van der Waals surface area contributed by atoms with Gasteiger partial charge in [-0.1, -0.05) is 23.5 Å². The summed E-state index contributed by atoms with van der Waals surface area (Å²) in [6.45, 7) is 4.82. The van der Waals surface area contributed by atoms with Crippen molar-refractivity contribution in [2.24, 2.45) is 4.99 Å². The SMILES string of the molecule is CSNc1ccc(Cl)cc1C(=O)N1CCCCC1C1C=C2N=C(N3C[CH-]CC3)C(C)=CN2N1.[CH3-].[Y]. The smallest absolute Gasteiger partial charge is 0.256 e. The minimum absolute atomic E-state index is 0. The summed E-state index contributed by atoms with van der Waals surface area (Å²) < 4.78 is 3.23. The average Bonchev–Trinajstić information content (AvgIpc) is 3.49. The van der Waals surface area contributed by atoms with Gasteiger partial charge in [0, 0.05) is 62.3 Å². The first kappa shape index (κ1) is 28.5. The van der Waals surface area contributed by atoms with Crippen LogP contribution >= 0.6 is 23.5 Å². The largest absolute Gasteiger partial charge is 0.389 e. The van der Waals surface area contributed by atoms with Gasteiger partial charge in [-0.05, 0) is 57.0 Å². The summed E-state index contributed by atoms with van der Waals surface area (Å²) >= 11 is 7.74. The van der Waals surface area contributed by atoms with E-state index in [1.54, 1.807) is 6.07 Å². The fourth-order valence-corrected chi connectivity index (χ4v) is 5.64. The number of fused-ring (bicyclic) bond motifs is 1. The van der Waals surface area contributed by atoms with Crippen molar-refractivity contribution in [2.75, 3.05) is 30.6 Å². The Balaban J connectivity index is 0.00000171. The van der Waals surface area contributed by atoms with Gasteiger partial charge in [0.15, 0.2) is 0 Å². The number of hydrogen-bond donors (Lipinski definition) is 2. The van der Waals surface area contributed by atoms with E-state index in [4.69, 9.17) is 16.6 Å². The van der Waals surface area contributed by atoms with E-state index in [1.165, 1.54) is 11.9 Å². The fraction of sp³-hybridized carbons (Fsp3) is 0.440. The number of hydrazine groups is 1. The Morgan fingerprint density at radius 3 is 2.89 bits per heavy atom. The van der Waals surface area contributed by atoms with E-state index in [9.17, 15) is 4.79 Å². The average molecular weight is 590 g/mol. The number of anilines is 1. The molecule has 2 saturated heterocycles. The number of nitrogens with zero attached hydrogens (tertiary/aromatic N) is 4. The van der Waals surface area contributed by atoms with Crippen LogP contribution in [0.1, 0.15) is 43.0 Å². The van der Waals surface area contributed by atoms with Gasteiger partial charge in [0.1, 0.15) is 11.7 Å². The minimum Gasteiger partial charge on any atom is -0.389 e. The predicted octanol–water partition coefficient (Wildman–Crippen LogP) is 4.73. The molecule has 0 aromatic heterocycles. The Labute approximate surface area is 243 Å². The molecule has 1 aromatic carbocycles. The number of amides is 1. The molecule has 5 rings (SSSR count). The minimum atomic E-state index is 0. The molecule has 4 heterocycles. The predicted molar refractivity (Wildman–Crippen MR) is 142 cm³/mol. The van der Waals surface area contributed by atoms with Crippen LogP contribution in [0.2, 0.25) is 5.02 Å². The summed E-state index contributed by atoms with van der Waals surface area (Å²) in [6, 6.07) is 5.53. The van der Waals surface area contributed by atoms with Crippen molar-refractivity contribution in [3.63, 3.8) is 0 Å². The Kier molecular flexibility index (Phi) is 10.2. The van der Waals surface area contributed by atoms with E-state index in [0.29, 0.717) is 10.6 Å². The number of halogens is 1. The quantitative estimate of drug-likeness (QED) is 0.391. The standard InChI is InChI=1S/C24H30ClN6OS.CH3.Y/c1-16-15-31-22(26-23(16)29-10-5-6-11-29)14-20(27-31)21-7-3-4-12-30(21)24(32)18-13-17(25)8-9-19(18)28-33-2;;/h5,8-9,13-15,20-21,27-28H,3-4,6-7,10-12H2,1-2H3;1H3;/q2*-1;. The van der Waals surface area contributed by atoms with Crippen LogP contribution in [0.15, 0.2) is 46.9 Å². The molecule has 1 radical (unpaired) electrons. The molecular formula is C25H33ClN6OSY-2. The first-order chi connectivity index (χ1) is 16.0. The summed E-state index contributed by atoms with van der Waals surface area (Å²) in [5, 5.41) is 2.58. The number of amidine groups is 1. The third-order valence-electron chi connectivity index (χ3n) is 6.66. The summed E-state index contributed by atoms with van der Waals surface area (Å²) in [5.74, 6) is 1.99. The van der Waals surface area contributed by atoms with Crippen LogP contribution in [0.5, 0.6) is 0 Å². The number of hydrogen-bond acceptors (Lipinski definition) is 7. The number of benzene rings is 1. The molecule has 0 aliphatic carbocycles. The summed E-state index contributed by atoms with van der Waals surface area (Å²) in [5.41, 5.74) is 6.15. The maximum Gasteiger partial charge on any atom is 0.256 e. The molecular weight excluding hydrogens is 557 g/mol. The normalized spacial score (nSPS) is 23.5. The Morgan fingerprint density at radius 1 is 1.31 bits per heavy atom. The molecule has 1 aromatic rings. The van der Waals surface area contributed by atoms with Crippen molar-refractivity contribution in [3.05, 3.63) is 66.3 Å². The first-order valence-electron chi connectivity index (χ1n) is 11.6. The van der Waals surface area contributed by atoms with Gasteiger partial charge in [-0.25, -0.2) is 10.4 Å². The fourth-order valence-electron chi connectivity index (χ4n) is 5.07. The van der Waals surface area contributed by atoms with Crippen LogP contribution in [0.4, 0.5) is 5.69 Å². The number of nitrogens with one attached hydrogen (secondary N) is 2. The third-order valence-corrected chi connectivity index (χ3v) is 7.32. The Hall–Kier alpha value is -1.06. The molecule has 2 unspecified atom stereocenters. The summed E-state index contributed by atoms with van der Waals surface area (Å²) in [7, 11) is 0. The second-order valence-corrected chi connectivity index (χ2v) is 9.93. The Morgan fingerprint density at radius 2 is 2.14 bits per heavy atom. The molecule has 1 amide bonds. The van der Waals surface area contributed by atoms with E-state index < -0.39 is 0 Å². The van der Waals surface area contributed by atoms with E-state index in [-0.39, 0.29) is 58.1 Å². The molecule has 10 heteroatoms.